The van der Waals surface area contributed by atoms with Crippen molar-refractivity contribution >= 4 is 40.3 Å². The van der Waals surface area contributed by atoms with E-state index in [1.807, 2.05) is 6.92 Å². The lowest BCUT2D eigenvalue weighted by Crippen LogP contribution is -2.28. The van der Waals surface area contributed by atoms with Crippen LogP contribution in [-0.4, -0.2) is 48.8 Å². The predicted molar refractivity (Wildman–Crippen MR) is 119 cm³/mol. The molecular formula is C21H21N3O6S. The van der Waals surface area contributed by atoms with Gasteiger partial charge >= 0.3 is 0 Å². The number of hydrogen-bond acceptors (Lipinski definition) is 8. The third-order valence-electron chi connectivity index (χ3n) is 4.52. The molecule has 1 aliphatic rings. The lowest BCUT2D eigenvalue weighted by molar-refractivity contribution is -0.385. The Balaban J connectivity index is 2.02. The van der Waals surface area contributed by atoms with Crippen LogP contribution in [-0.2, 0) is 4.79 Å². The van der Waals surface area contributed by atoms with E-state index in [1.54, 1.807) is 31.4 Å². The van der Waals surface area contributed by atoms with Crippen LogP contribution in [0, 0.1) is 10.1 Å². The van der Waals surface area contributed by atoms with Crippen molar-refractivity contribution in [1.29, 1.82) is 0 Å². The molecule has 2 aromatic rings. The van der Waals surface area contributed by atoms with Gasteiger partial charge in [-0.05, 0) is 55.1 Å². The summed E-state index contributed by atoms with van der Waals surface area (Å²) in [5, 5.41) is 12.1. The van der Waals surface area contributed by atoms with E-state index in [-0.39, 0.29) is 22.9 Å². The molecule has 162 valence electrons. The third-order valence-corrected chi connectivity index (χ3v) is 5.52. The number of aliphatic imine (C=N–C) groups is 1. The molecule has 31 heavy (non-hydrogen) atoms. The van der Waals surface area contributed by atoms with Crippen LogP contribution in [0.15, 0.2) is 46.3 Å². The zero-order valence-corrected chi connectivity index (χ0v) is 18.3. The summed E-state index contributed by atoms with van der Waals surface area (Å²) in [4.78, 5) is 30.4. The predicted octanol–water partition coefficient (Wildman–Crippen LogP) is 4.24. The van der Waals surface area contributed by atoms with Crippen LogP contribution >= 0.6 is 11.8 Å². The number of amides is 1. The van der Waals surface area contributed by atoms with Gasteiger partial charge in [-0.2, -0.15) is 0 Å². The lowest BCUT2D eigenvalue weighted by atomic mass is 10.1. The molecule has 1 aliphatic heterocycles. The van der Waals surface area contributed by atoms with Crippen LogP contribution in [0.1, 0.15) is 12.5 Å². The first-order valence-electron chi connectivity index (χ1n) is 9.26. The van der Waals surface area contributed by atoms with Gasteiger partial charge in [0.05, 0.1) is 48.5 Å². The van der Waals surface area contributed by atoms with Crippen molar-refractivity contribution in [3.63, 3.8) is 0 Å². The average molecular weight is 443 g/mol. The molecule has 1 fully saturated rings. The maximum Gasteiger partial charge on any atom is 0.280 e. The summed E-state index contributed by atoms with van der Waals surface area (Å²) in [5.74, 6) is 0.991. The van der Waals surface area contributed by atoms with Gasteiger partial charge in [0, 0.05) is 6.54 Å². The van der Waals surface area contributed by atoms with Gasteiger partial charge in [0.15, 0.2) is 16.7 Å². The summed E-state index contributed by atoms with van der Waals surface area (Å²) >= 11 is 1.16. The van der Waals surface area contributed by atoms with Crippen molar-refractivity contribution in [2.75, 3.05) is 27.9 Å². The molecule has 0 aliphatic carbocycles. The number of amidine groups is 1. The zero-order valence-electron chi connectivity index (χ0n) is 17.4. The van der Waals surface area contributed by atoms with Gasteiger partial charge < -0.3 is 14.2 Å². The highest BCUT2D eigenvalue weighted by atomic mass is 32.2. The molecular weight excluding hydrogens is 422 g/mol. The standard InChI is InChI=1S/C21H21N3O6S/c1-5-23-20(25)19(31-21(23)22-14-6-8-15(28-2)9-7-14)11-13-10-17(29-3)18(30-4)12-16(13)24(26)27/h6-12H,5H2,1-4H3/b19-11+,22-21?. The number of ether oxygens (including phenoxy) is 3. The molecule has 0 N–H and O–H groups in total. The Morgan fingerprint density at radius 3 is 2.29 bits per heavy atom. The van der Waals surface area contributed by atoms with E-state index < -0.39 is 4.92 Å². The average Bonchev–Trinajstić information content (AvgIpc) is 3.07. The first-order valence-corrected chi connectivity index (χ1v) is 10.1. The van der Waals surface area contributed by atoms with Gasteiger partial charge in [-0.3, -0.25) is 19.8 Å². The van der Waals surface area contributed by atoms with Crippen molar-refractivity contribution in [3.05, 3.63) is 57.0 Å². The van der Waals surface area contributed by atoms with E-state index >= 15 is 0 Å². The minimum atomic E-state index is -0.525. The van der Waals surface area contributed by atoms with Gasteiger partial charge in [0.2, 0.25) is 0 Å². The third kappa shape index (κ3) is 4.64. The SMILES string of the molecule is CCN1C(=O)/C(=C\c2cc(OC)c(OC)cc2[N+](=O)[O-])SC1=Nc1ccc(OC)cc1. The number of methoxy groups -OCH3 is 3. The van der Waals surface area contributed by atoms with E-state index in [2.05, 4.69) is 4.99 Å². The fourth-order valence-electron chi connectivity index (χ4n) is 2.94. The van der Waals surface area contributed by atoms with Crippen LogP contribution in [0.4, 0.5) is 11.4 Å². The number of nitro groups is 1. The van der Waals surface area contributed by atoms with Gasteiger partial charge in [0.1, 0.15) is 5.75 Å². The number of rotatable bonds is 7. The van der Waals surface area contributed by atoms with Crippen molar-refractivity contribution < 1.29 is 23.9 Å². The number of nitrogens with zero attached hydrogens (tertiary/aromatic N) is 3. The topological polar surface area (TPSA) is 104 Å². The minimum Gasteiger partial charge on any atom is -0.497 e. The summed E-state index contributed by atoms with van der Waals surface area (Å²) in [7, 11) is 4.42. The smallest absolute Gasteiger partial charge is 0.280 e. The quantitative estimate of drug-likeness (QED) is 0.358. The number of carbonyl (C=O) groups excluding carboxylic acids is 1. The van der Waals surface area contributed by atoms with Crippen molar-refractivity contribution in [3.8, 4) is 17.2 Å². The summed E-state index contributed by atoms with van der Waals surface area (Å²) in [6.45, 7) is 2.25. The van der Waals surface area contributed by atoms with E-state index in [9.17, 15) is 14.9 Å². The number of benzene rings is 2. The van der Waals surface area contributed by atoms with Crippen LogP contribution in [0.5, 0.6) is 17.2 Å². The van der Waals surface area contributed by atoms with E-state index in [1.165, 1.54) is 37.3 Å². The molecule has 3 rings (SSSR count). The number of carbonyl (C=O) groups is 1. The molecule has 1 saturated heterocycles. The Bertz CT molecular complexity index is 1070. The Kier molecular flexibility index (Phi) is 6.81. The molecule has 9 nitrogen and oxygen atoms in total. The molecule has 0 unspecified atom stereocenters. The fourth-order valence-corrected chi connectivity index (χ4v) is 3.99. The maximum atomic E-state index is 12.9. The molecule has 1 amide bonds. The highest BCUT2D eigenvalue weighted by Gasteiger charge is 2.33. The normalized spacial score (nSPS) is 16.1. The largest absolute Gasteiger partial charge is 0.497 e. The number of hydrogen-bond donors (Lipinski definition) is 0. The van der Waals surface area contributed by atoms with Gasteiger partial charge in [-0.15, -0.1) is 0 Å². The van der Waals surface area contributed by atoms with Crippen molar-refractivity contribution in [2.45, 2.75) is 6.92 Å². The lowest BCUT2D eigenvalue weighted by Gasteiger charge is -2.12. The van der Waals surface area contributed by atoms with Gasteiger partial charge in [0.25, 0.3) is 11.6 Å². The molecule has 0 bridgehead atoms. The molecule has 0 aromatic heterocycles. The summed E-state index contributed by atoms with van der Waals surface area (Å²) in [5.41, 5.74) is 0.704. The molecule has 0 radical (unpaired) electrons. The second-order valence-electron chi connectivity index (χ2n) is 6.28. The van der Waals surface area contributed by atoms with E-state index in [4.69, 9.17) is 14.2 Å². The Hall–Kier alpha value is -3.53. The first-order chi connectivity index (χ1) is 14.9. The second-order valence-corrected chi connectivity index (χ2v) is 7.28. The second kappa shape index (κ2) is 9.52. The molecule has 0 spiro atoms. The first kappa shape index (κ1) is 22.2. The van der Waals surface area contributed by atoms with Crippen LogP contribution < -0.4 is 14.2 Å². The molecule has 10 heteroatoms. The van der Waals surface area contributed by atoms with Crippen LogP contribution in [0.3, 0.4) is 0 Å². The highest BCUT2D eigenvalue weighted by molar-refractivity contribution is 8.18. The summed E-state index contributed by atoms with van der Waals surface area (Å²) in [6, 6.07) is 9.88. The van der Waals surface area contributed by atoms with Gasteiger partial charge in [-0.25, -0.2) is 4.99 Å². The van der Waals surface area contributed by atoms with Crippen LogP contribution in [0.25, 0.3) is 6.08 Å². The van der Waals surface area contributed by atoms with E-state index in [0.717, 1.165) is 11.8 Å². The Morgan fingerprint density at radius 2 is 1.74 bits per heavy atom. The number of nitro benzene ring substituents is 1. The fraction of sp³-hybridized carbons (Fsp3) is 0.238. The van der Waals surface area contributed by atoms with E-state index in [0.29, 0.717) is 33.8 Å². The molecule has 1 heterocycles. The zero-order chi connectivity index (χ0) is 22.5. The Labute approximate surface area is 183 Å². The minimum absolute atomic E-state index is 0.192. The summed E-state index contributed by atoms with van der Waals surface area (Å²) < 4.78 is 15.5. The Morgan fingerprint density at radius 1 is 1.10 bits per heavy atom. The van der Waals surface area contributed by atoms with Crippen molar-refractivity contribution in [1.82, 2.24) is 4.90 Å². The number of thioether (sulfide) groups is 1. The summed E-state index contributed by atoms with van der Waals surface area (Å²) in [6.07, 6.45) is 1.48. The molecule has 0 saturated carbocycles. The van der Waals surface area contributed by atoms with Gasteiger partial charge in [-0.1, -0.05) is 0 Å². The van der Waals surface area contributed by atoms with Crippen molar-refractivity contribution in [2.24, 2.45) is 4.99 Å². The maximum absolute atomic E-state index is 12.9. The highest BCUT2D eigenvalue weighted by Crippen LogP contribution is 2.39. The molecule has 0 atom stereocenters. The van der Waals surface area contributed by atoms with Crippen LogP contribution in [0.2, 0.25) is 0 Å². The molecule has 2 aromatic carbocycles. The monoisotopic (exact) mass is 443 g/mol. The number of likely N-dealkylation sites (N-methyl/N-ethyl adjacent to an activating group) is 1.